The molecule has 0 amide bonds. The Kier molecular flexibility index (Phi) is 9.66. The molecule has 16 nitrogen and oxygen atoms in total. The zero-order valence-corrected chi connectivity index (χ0v) is 28.9. The summed E-state index contributed by atoms with van der Waals surface area (Å²) < 4.78 is 93.3. The fraction of sp³-hybridized carbons (Fsp3) is 0.286. The zero-order chi connectivity index (χ0) is 35.4. The Bertz CT molecular complexity index is 2390. The van der Waals surface area contributed by atoms with Gasteiger partial charge in [0, 0.05) is 18.7 Å². The van der Waals surface area contributed by atoms with Crippen molar-refractivity contribution in [1.29, 1.82) is 0 Å². The Labute approximate surface area is 274 Å². The molecule has 0 atom stereocenters. The molecule has 3 aromatic carbocycles. The van der Waals surface area contributed by atoms with Gasteiger partial charge in [0.15, 0.2) is 0 Å². The van der Waals surface area contributed by atoms with Crippen molar-refractivity contribution in [2.75, 3.05) is 12.3 Å². The molecule has 0 saturated heterocycles. The van der Waals surface area contributed by atoms with Gasteiger partial charge in [-0.15, -0.1) is 0 Å². The van der Waals surface area contributed by atoms with Crippen LogP contribution >= 0.6 is 15.2 Å². The van der Waals surface area contributed by atoms with E-state index in [1.165, 1.54) is 23.6 Å². The molecule has 20 heteroatoms. The topological polar surface area (TPSA) is 259 Å². The summed E-state index contributed by atoms with van der Waals surface area (Å²) in [5, 5.41) is 0. The Balaban J connectivity index is 1.69. The van der Waals surface area contributed by atoms with Crippen molar-refractivity contribution in [2.45, 2.75) is 38.4 Å². The summed E-state index contributed by atoms with van der Waals surface area (Å²) in [5.41, 5.74) is 3.80. The van der Waals surface area contributed by atoms with Crippen LogP contribution in [0.5, 0.6) is 0 Å². The van der Waals surface area contributed by atoms with E-state index in [1.54, 1.807) is 47.9 Å². The summed E-state index contributed by atoms with van der Waals surface area (Å²) in [5.74, 6) is -1.08. The Hall–Kier alpha value is -3.28. The molecule has 0 bridgehead atoms. The maximum Gasteiger partial charge on any atom is 0.327 e. The highest BCUT2D eigenvalue weighted by Crippen LogP contribution is 2.39. The van der Waals surface area contributed by atoms with Crippen molar-refractivity contribution in [3.8, 4) is 22.5 Å². The van der Waals surface area contributed by atoms with Crippen LogP contribution in [-0.2, 0) is 54.0 Å². The molecule has 258 valence electrons. The minimum absolute atomic E-state index is 0.0458. The zero-order valence-electron chi connectivity index (χ0n) is 25.5. The van der Waals surface area contributed by atoms with Gasteiger partial charge in [-0.2, -0.15) is 16.8 Å². The van der Waals surface area contributed by atoms with Gasteiger partial charge in [0.25, 0.3) is 20.2 Å². The second kappa shape index (κ2) is 12.9. The number of hydrogen-bond acceptors (Lipinski definition) is 8. The van der Waals surface area contributed by atoms with E-state index >= 15 is 0 Å². The van der Waals surface area contributed by atoms with E-state index in [4.69, 9.17) is 0 Å². The van der Waals surface area contributed by atoms with Crippen molar-refractivity contribution in [3.63, 3.8) is 0 Å². The van der Waals surface area contributed by atoms with Gasteiger partial charge in [-0.05, 0) is 72.0 Å². The van der Waals surface area contributed by atoms with Gasteiger partial charge in [-0.3, -0.25) is 18.2 Å². The predicted octanol–water partition coefficient (Wildman–Crippen LogP) is 3.47. The number of aromatic nitrogens is 4. The number of nitrogens with zero attached hydrogens (tertiary/aromatic N) is 4. The Morgan fingerprint density at radius 1 is 0.688 bits per heavy atom. The van der Waals surface area contributed by atoms with E-state index in [1.807, 2.05) is 0 Å². The van der Waals surface area contributed by atoms with Crippen molar-refractivity contribution in [3.05, 3.63) is 71.0 Å². The van der Waals surface area contributed by atoms with Gasteiger partial charge < -0.3 is 28.7 Å². The van der Waals surface area contributed by atoms with Crippen LogP contribution in [0.2, 0.25) is 0 Å². The third-order valence-electron chi connectivity index (χ3n) is 7.70. The number of aryl methyl sites for hydroxylation is 4. The normalized spacial score (nSPS) is 13.2. The summed E-state index contributed by atoms with van der Waals surface area (Å²) in [4.78, 5) is 47.3. The van der Waals surface area contributed by atoms with Crippen LogP contribution in [0.1, 0.15) is 22.5 Å². The lowest BCUT2D eigenvalue weighted by atomic mass is 9.99. The monoisotopic (exact) mass is 742 g/mol. The Morgan fingerprint density at radius 3 is 1.88 bits per heavy atom. The number of rotatable bonds is 12. The largest absolute Gasteiger partial charge is 0.328 e. The van der Waals surface area contributed by atoms with Crippen LogP contribution in [0.25, 0.3) is 44.6 Å². The average molecular weight is 743 g/mol. The fourth-order valence-electron chi connectivity index (χ4n) is 5.67. The molecular weight excluding hydrogens is 710 g/mol. The fourth-order valence-corrected chi connectivity index (χ4v) is 7.92. The van der Waals surface area contributed by atoms with E-state index in [0.717, 1.165) is 0 Å². The van der Waals surface area contributed by atoms with Crippen LogP contribution < -0.4 is 0 Å². The van der Waals surface area contributed by atoms with Gasteiger partial charge in [-0.1, -0.05) is 18.2 Å². The molecule has 2 heterocycles. The molecule has 0 aliphatic carbocycles. The lowest BCUT2D eigenvalue weighted by Crippen LogP contribution is -2.11. The second-order valence-electron chi connectivity index (χ2n) is 11.5. The van der Waals surface area contributed by atoms with E-state index < -0.39 is 53.1 Å². The molecule has 6 N–H and O–H groups in total. The highest BCUT2D eigenvalue weighted by Gasteiger charge is 2.24. The molecule has 5 rings (SSSR count). The summed E-state index contributed by atoms with van der Waals surface area (Å²) >= 11 is 0. The molecule has 2 aromatic heterocycles. The van der Waals surface area contributed by atoms with Crippen LogP contribution in [0.3, 0.4) is 0 Å². The molecule has 5 aromatic rings. The first kappa shape index (κ1) is 36.0. The quantitative estimate of drug-likeness (QED) is 0.0790. The van der Waals surface area contributed by atoms with E-state index in [9.17, 15) is 54.6 Å². The molecule has 0 fully saturated rings. The molecule has 0 spiro atoms. The summed E-state index contributed by atoms with van der Waals surface area (Å²) in [6, 6.07) is 13.1. The maximum absolute atomic E-state index is 12.0. The summed E-state index contributed by atoms with van der Waals surface area (Å²) in [7, 11) is -17.9. The summed E-state index contributed by atoms with van der Waals surface area (Å²) in [6.07, 6.45) is -0.979. The SMILES string of the molecule is Cc1cc(CS(=O)(=O)O)cc(-c2nc3ccc(-c4ccc5c(c4)nc(C)n5CCP(=O)(O)O)cc3n2CCP(=O)(O)O)c1CS(=O)(=O)O. The van der Waals surface area contributed by atoms with Crippen molar-refractivity contribution in [2.24, 2.45) is 0 Å². The van der Waals surface area contributed by atoms with Gasteiger partial charge in [-0.25, -0.2) is 9.97 Å². The standard InChI is InChI=1S/C28H32N4O12P2S2/c1-17-11-19(15-47(39,40)41)12-22(23(17)16-48(42,43)44)28-30-24-5-3-21(14-27(24)32(28)8-10-46(36,37)38)20-4-6-26-25(13-20)29-18(2)31(26)7-9-45(33,34)35/h3-6,11-14H,7-10,15-16H2,1-2H3,(H2,33,34,35)(H2,36,37,38)(H,39,40,41)(H,42,43,44). The highest BCUT2D eigenvalue weighted by molar-refractivity contribution is 7.85. The number of benzene rings is 3. The van der Waals surface area contributed by atoms with Gasteiger partial charge >= 0.3 is 15.2 Å². The molecule has 48 heavy (non-hydrogen) atoms. The van der Waals surface area contributed by atoms with E-state index in [-0.39, 0.29) is 47.3 Å². The van der Waals surface area contributed by atoms with Crippen molar-refractivity contribution in [1.82, 2.24) is 19.1 Å². The van der Waals surface area contributed by atoms with Gasteiger partial charge in [0.05, 0.1) is 34.4 Å². The smallest absolute Gasteiger partial charge is 0.327 e. The van der Waals surface area contributed by atoms with Crippen LogP contribution in [0.4, 0.5) is 0 Å². The summed E-state index contributed by atoms with van der Waals surface area (Å²) in [6.45, 7) is 2.98. The number of hydrogen-bond donors (Lipinski definition) is 6. The highest BCUT2D eigenvalue weighted by atomic mass is 32.2. The predicted molar refractivity (Wildman–Crippen MR) is 178 cm³/mol. The van der Waals surface area contributed by atoms with Crippen LogP contribution in [-0.4, -0.2) is 76.9 Å². The van der Waals surface area contributed by atoms with Crippen LogP contribution in [0, 0.1) is 13.8 Å². The number of imidazole rings is 2. The third-order valence-corrected chi connectivity index (χ3v) is 10.6. The van der Waals surface area contributed by atoms with E-state index in [0.29, 0.717) is 39.0 Å². The molecule has 0 radical (unpaired) electrons. The first-order chi connectivity index (χ1) is 22.1. The minimum atomic E-state index is -4.61. The van der Waals surface area contributed by atoms with Crippen molar-refractivity contribution >= 4 is 57.5 Å². The molecule has 0 unspecified atom stereocenters. The van der Waals surface area contributed by atoms with Crippen molar-refractivity contribution < 1.29 is 54.6 Å². The Morgan fingerprint density at radius 2 is 1.27 bits per heavy atom. The average Bonchev–Trinajstić information content (AvgIpc) is 3.45. The van der Waals surface area contributed by atoms with Gasteiger partial charge in [0.2, 0.25) is 0 Å². The molecule has 0 aliphatic rings. The number of fused-ring (bicyclic) bond motifs is 2. The molecule has 0 saturated carbocycles. The van der Waals surface area contributed by atoms with Crippen LogP contribution in [0.15, 0.2) is 48.5 Å². The lowest BCUT2D eigenvalue weighted by Gasteiger charge is -2.16. The molecular formula is C28H32N4O12P2S2. The lowest BCUT2D eigenvalue weighted by molar-refractivity contribution is 0.368. The van der Waals surface area contributed by atoms with E-state index in [2.05, 4.69) is 9.97 Å². The second-order valence-corrected chi connectivity index (χ2v) is 17.9. The maximum atomic E-state index is 12.0. The first-order valence-electron chi connectivity index (χ1n) is 14.2. The van der Waals surface area contributed by atoms with Gasteiger partial charge in [0.1, 0.15) is 23.2 Å². The first-order valence-corrected chi connectivity index (χ1v) is 21.0. The minimum Gasteiger partial charge on any atom is -0.328 e. The third kappa shape index (κ3) is 8.65. The molecule has 0 aliphatic heterocycles.